The molecule has 0 spiro atoms. The van der Waals surface area contributed by atoms with E-state index in [-0.39, 0.29) is 0 Å². The van der Waals surface area contributed by atoms with Gasteiger partial charge in [0, 0.05) is 58.4 Å². The number of likely N-dealkylation sites (N-methyl/N-ethyl adjacent to an activating group) is 1. The third-order valence-electron chi connectivity index (χ3n) is 6.54. The molecule has 0 saturated carbocycles. The van der Waals surface area contributed by atoms with Crippen LogP contribution in [0.15, 0.2) is 0 Å². The number of likely N-dealkylation sites (tertiary alicyclic amines) is 1. The second-order valence-electron chi connectivity index (χ2n) is 8.61. The summed E-state index contributed by atoms with van der Waals surface area (Å²) in [4.78, 5) is 13.1. The van der Waals surface area contributed by atoms with Crippen molar-refractivity contribution in [1.82, 2.24) is 24.5 Å². The highest BCUT2D eigenvalue weighted by Gasteiger charge is 2.21. The van der Waals surface area contributed by atoms with Crippen molar-refractivity contribution < 1.29 is 0 Å². The second kappa shape index (κ2) is 10.2. The average Bonchev–Trinajstić information content (AvgIpc) is 3.06. The Kier molecular flexibility index (Phi) is 7.99. The first-order chi connectivity index (χ1) is 12.2. The fourth-order valence-electron chi connectivity index (χ4n) is 4.65. The van der Waals surface area contributed by atoms with Gasteiger partial charge < -0.3 is 14.7 Å². The molecule has 0 amide bonds. The summed E-state index contributed by atoms with van der Waals surface area (Å²) >= 11 is 0. The molecule has 0 radical (unpaired) electrons. The van der Waals surface area contributed by atoms with Gasteiger partial charge in [0.1, 0.15) is 0 Å². The minimum absolute atomic E-state index is 0.818. The van der Waals surface area contributed by atoms with E-state index in [0.717, 1.165) is 6.04 Å². The highest BCUT2D eigenvalue weighted by Crippen LogP contribution is 2.16. The van der Waals surface area contributed by atoms with Gasteiger partial charge in [-0.15, -0.1) is 0 Å². The van der Waals surface area contributed by atoms with Gasteiger partial charge in [0.2, 0.25) is 0 Å². The van der Waals surface area contributed by atoms with Gasteiger partial charge in [-0.1, -0.05) is 6.42 Å². The topological polar surface area (TPSA) is 16.2 Å². The van der Waals surface area contributed by atoms with Crippen LogP contribution in [0.3, 0.4) is 0 Å². The molecule has 3 saturated heterocycles. The van der Waals surface area contributed by atoms with Crippen molar-refractivity contribution in [2.24, 2.45) is 0 Å². The smallest absolute Gasteiger partial charge is 0.0507 e. The molecule has 3 fully saturated rings. The molecule has 0 N–H and O–H groups in total. The molecular formula is C20H41N5. The summed E-state index contributed by atoms with van der Waals surface area (Å²) in [5.41, 5.74) is 0. The van der Waals surface area contributed by atoms with Gasteiger partial charge in [-0.25, -0.2) is 0 Å². The first-order valence-electron chi connectivity index (χ1n) is 10.8. The van der Waals surface area contributed by atoms with E-state index in [0.29, 0.717) is 0 Å². The lowest BCUT2D eigenvalue weighted by Crippen LogP contribution is -2.45. The van der Waals surface area contributed by atoms with Crippen molar-refractivity contribution in [3.63, 3.8) is 0 Å². The zero-order valence-electron chi connectivity index (χ0n) is 16.8. The molecule has 1 unspecified atom stereocenters. The highest BCUT2D eigenvalue weighted by atomic mass is 15.4. The predicted octanol–water partition coefficient (Wildman–Crippen LogP) is 1.46. The van der Waals surface area contributed by atoms with E-state index < -0.39 is 0 Å². The standard InChI is InChI=1S/C20H41N5/c1-20-7-3-4-11-25(20)12-6-10-24-18-17-23(19-24)9-5-8-22-15-13-21(2)14-16-22/h20H,3-19H2,1-2H3. The first-order valence-corrected chi connectivity index (χ1v) is 10.8. The molecule has 0 aliphatic carbocycles. The molecule has 0 aromatic rings. The Hall–Kier alpha value is -0.200. The lowest BCUT2D eigenvalue weighted by molar-refractivity contribution is 0.142. The summed E-state index contributed by atoms with van der Waals surface area (Å²) in [6.07, 6.45) is 6.94. The summed E-state index contributed by atoms with van der Waals surface area (Å²) in [7, 11) is 2.24. The molecule has 0 aromatic heterocycles. The van der Waals surface area contributed by atoms with Gasteiger partial charge in [0.15, 0.2) is 0 Å². The Labute approximate surface area is 155 Å². The maximum absolute atomic E-state index is 2.72. The molecule has 3 aliphatic heterocycles. The lowest BCUT2D eigenvalue weighted by Gasteiger charge is -2.33. The van der Waals surface area contributed by atoms with Crippen molar-refractivity contribution in [3.05, 3.63) is 0 Å². The summed E-state index contributed by atoms with van der Waals surface area (Å²) in [6, 6.07) is 0.818. The molecule has 5 nitrogen and oxygen atoms in total. The summed E-state index contributed by atoms with van der Waals surface area (Å²) in [5, 5.41) is 0. The quantitative estimate of drug-likeness (QED) is 0.656. The first kappa shape index (κ1) is 19.6. The third kappa shape index (κ3) is 6.47. The minimum Gasteiger partial charge on any atom is -0.304 e. The molecule has 25 heavy (non-hydrogen) atoms. The summed E-state index contributed by atoms with van der Waals surface area (Å²) in [6.45, 7) is 17.7. The van der Waals surface area contributed by atoms with E-state index in [1.807, 2.05) is 0 Å². The van der Waals surface area contributed by atoms with Gasteiger partial charge >= 0.3 is 0 Å². The largest absolute Gasteiger partial charge is 0.304 e. The Morgan fingerprint density at radius 1 is 0.680 bits per heavy atom. The maximum atomic E-state index is 2.72. The van der Waals surface area contributed by atoms with Crippen LogP contribution >= 0.6 is 0 Å². The minimum atomic E-state index is 0.818. The fourth-order valence-corrected chi connectivity index (χ4v) is 4.65. The molecule has 3 rings (SSSR count). The number of rotatable bonds is 8. The van der Waals surface area contributed by atoms with Gasteiger partial charge in [0.05, 0.1) is 6.67 Å². The van der Waals surface area contributed by atoms with Crippen molar-refractivity contribution in [3.8, 4) is 0 Å². The molecule has 0 aromatic carbocycles. The SMILES string of the molecule is CC1CCCCN1CCCN1CCN(CCCN2CCN(C)CC2)C1. The van der Waals surface area contributed by atoms with Crippen LogP contribution in [-0.2, 0) is 0 Å². The average molecular weight is 352 g/mol. The molecule has 0 bridgehead atoms. The predicted molar refractivity (Wildman–Crippen MR) is 106 cm³/mol. The Balaban J connectivity index is 1.22. The van der Waals surface area contributed by atoms with E-state index in [2.05, 4.69) is 38.5 Å². The summed E-state index contributed by atoms with van der Waals surface area (Å²) in [5.74, 6) is 0. The van der Waals surface area contributed by atoms with Gasteiger partial charge in [0.25, 0.3) is 0 Å². The lowest BCUT2D eigenvalue weighted by atomic mass is 10.0. The van der Waals surface area contributed by atoms with Gasteiger partial charge in [-0.05, 0) is 59.3 Å². The van der Waals surface area contributed by atoms with Crippen molar-refractivity contribution >= 4 is 0 Å². The van der Waals surface area contributed by atoms with E-state index >= 15 is 0 Å². The maximum Gasteiger partial charge on any atom is 0.0507 e. The van der Waals surface area contributed by atoms with E-state index in [1.165, 1.54) is 111 Å². The normalized spacial score (nSPS) is 28.8. The van der Waals surface area contributed by atoms with Crippen molar-refractivity contribution in [2.45, 2.75) is 45.1 Å². The van der Waals surface area contributed by atoms with Crippen LogP contribution in [0.25, 0.3) is 0 Å². The van der Waals surface area contributed by atoms with Crippen molar-refractivity contribution in [2.75, 3.05) is 85.7 Å². The number of hydrogen-bond donors (Lipinski definition) is 0. The third-order valence-corrected chi connectivity index (χ3v) is 6.54. The highest BCUT2D eigenvalue weighted by molar-refractivity contribution is 4.76. The molecule has 146 valence electrons. The molecular weight excluding hydrogens is 310 g/mol. The van der Waals surface area contributed by atoms with E-state index in [4.69, 9.17) is 0 Å². The molecule has 1 atom stereocenters. The number of hydrogen-bond acceptors (Lipinski definition) is 5. The van der Waals surface area contributed by atoms with Crippen molar-refractivity contribution in [1.29, 1.82) is 0 Å². The van der Waals surface area contributed by atoms with E-state index in [9.17, 15) is 0 Å². The van der Waals surface area contributed by atoms with Gasteiger partial charge in [-0.3, -0.25) is 9.80 Å². The zero-order chi connectivity index (χ0) is 17.5. The Morgan fingerprint density at radius 3 is 1.96 bits per heavy atom. The van der Waals surface area contributed by atoms with Crippen LogP contribution in [0.5, 0.6) is 0 Å². The van der Waals surface area contributed by atoms with Crippen LogP contribution in [0, 0.1) is 0 Å². The Bertz CT molecular complexity index is 369. The Morgan fingerprint density at radius 2 is 1.28 bits per heavy atom. The monoisotopic (exact) mass is 351 g/mol. The molecule has 3 heterocycles. The van der Waals surface area contributed by atoms with Crippen LogP contribution in [0.4, 0.5) is 0 Å². The number of piperidine rings is 1. The van der Waals surface area contributed by atoms with Gasteiger partial charge in [-0.2, -0.15) is 0 Å². The second-order valence-corrected chi connectivity index (χ2v) is 8.61. The zero-order valence-corrected chi connectivity index (χ0v) is 16.8. The van der Waals surface area contributed by atoms with Crippen LogP contribution < -0.4 is 0 Å². The summed E-state index contributed by atoms with van der Waals surface area (Å²) < 4.78 is 0. The van der Waals surface area contributed by atoms with Crippen LogP contribution in [-0.4, -0.2) is 116 Å². The van der Waals surface area contributed by atoms with Crippen LogP contribution in [0.1, 0.15) is 39.0 Å². The number of nitrogens with zero attached hydrogens (tertiary/aromatic N) is 5. The number of piperazine rings is 1. The molecule has 5 heteroatoms. The van der Waals surface area contributed by atoms with Crippen LogP contribution in [0.2, 0.25) is 0 Å². The fraction of sp³-hybridized carbons (Fsp3) is 1.00. The molecule has 3 aliphatic rings. The van der Waals surface area contributed by atoms with E-state index in [1.54, 1.807) is 0 Å².